The minimum absolute atomic E-state index is 0.00423. The van der Waals surface area contributed by atoms with Gasteiger partial charge in [-0.15, -0.1) is 11.3 Å². The van der Waals surface area contributed by atoms with Crippen LogP contribution in [0.15, 0.2) is 12.1 Å². The minimum atomic E-state index is -0.928. The predicted octanol–water partition coefficient (Wildman–Crippen LogP) is 3.39. The Kier molecular flexibility index (Phi) is 5.54. The Bertz CT molecular complexity index is 684. The van der Waals surface area contributed by atoms with Crippen molar-refractivity contribution in [2.24, 2.45) is 5.92 Å². The fourth-order valence-corrected chi connectivity index (χ4v) is 3.33. The molecule has 0 saturated heterocycles. The second-order valence-electron chi connectivity index (χ2n) is 5.15. The molecule has 2 aromatic heterocycles. The second-order valence-corrected chi connectivity index (χ2v) is 6.23. The normalized spacial score (nSPS) is 12.1. The Morgan fingerprint density at radius 1 is 1.30 bits per heavy atom. The summed E-state index contributed by atoms with van der Waals surface area (Å²) in [5.74, 6) is -0.897. The van der Waals surface area contributed by atoms with Gasteiger partial charge in [0.25, 0.3) is 5.88 Å². The summed E-state index contributed by atoms with van der Waals surface area (Å²) in [6, 6.07) is 3.44. The number of carbonyl (C=O) groups is 2. The summed E-state index contributed by atoms with van der Waals surface area (Å²) >= 11 is 1.29. The van der Waals surface area contributed by atoms with Crippen LogP contribution in [0.4, 0.5) is 0 Å². The highest BCUT2D eigenvalue weighted by Crippen LogP contribution is 2.34. The summed E-state index contributed by atoms with van der Waals surface area (Å²) < 4.78 is 11.1. The number of thiophene rings is 1. The van der Waals surface area contributed by atoms with Gasteiger partial charge < -0.3 is 14.6 Å². The highest BCUT2D eigenvalue weighted by molar-refractivity contribution is 7.20. The van der Waals surface area contributed by atoms with E-state index in [1.54, 1.807) is 12.1 Å². The molecule has 0 saturated carbocycles. The van der Waals surface area contributed by atoms with Gasteiger partial charge in [0.2, 0.25) is 0 Å². The first-order valence-corrected chi connectivity index (χ1v) is 8.10. The Labute approximate surface area is 138 Å². The highest BCUT2D eigenvalue weighted by Gasteiger charge is 2.23. The van der Waals surface area contributed by atoms with Crippen LogP contribution in [-0.4, -0.2) is 36.1 Å². The second kappa shape index (κ2) is 7.41. The third-order valence-corrected chi connectivity index (χ3v) is 4.65. The van der Waals surface area contributed by atoms with Crippen LogP contribution >= 0.6 is 11.3 Å². The smallest absolute Gasteiger partial charge is 0.306 e. The maximum absolute atomic E-state index is 12.4. The molecule has 0 radical (unpaired) electrons. The van der Waals surface area contributed by atoms with Crippen LogP contribution in [-0.2, 0) is 4.79 Å². The molecule has 0 unspecified atom stereocenters. The topological polar surface area (TPSA) is 85.7 Å². The van der Waals surface area contributed by atoms with Crippen molar-refractivity contribution in [2.45, 2.75) is 26.2 Å². The number of aromatic nitrogens is 1. The predicted molar refractivity (Wildman–Crippen MR) is 87.7 cm³/mol. The maximum atomic E-state index is 12.4. The van der Waals surface area contributed by atoms with Crippen LogP contribution < -0.4 is 9.47 Å². The summed E-state index contributed by atoms with van der Waals surface area (Å²) in [6.45, 7) is 1.91. The fourth-order valence-electron chi connectivity index (χ4n) is 2.35. The van der Waals surface area contributed by atoms with Crippen molar-refractivity contribution >= 4 is 33.3 Å². The molecule has 0 aromatic carbocycles. The first kappa shape index (κ1) is 17.2. The van der Waals surface area contributed by atoms with Crippen LogP contribution in [0.3, 0.4) is 0 Å². The number of hydrogen-bond donors (Lipinski definition) is 1. The molecule has 0 spiro atoms. The number of carboxylic acid groups (broad SMARTS) is 1. The van der Waals surface area contributed by atoms with Crippen molar-refractivity contribution in [3.05, 3.63) is 17.0 Å². The zero-order valence-corrected chi connectivity index (χ0v) is 14.1. The highest BCUT2D eigenvalue weighted by atomic mass is 32.1. The zero-order chi connectivity index (χ0) is 17.0. The van der Waals surface area contributed by atoms with E-state index < -0.39 is 11.9 Å². The lowest BCUT2D eigenvalue weighted by Gasteiger charge is -2.08. The zero-order valence-electron chi connectivity index (χ0n) is 13.3. The average molecular weight is 337 g/mol. The van der Waals surface area contributed by atoms with Gasteiger partial charge in [0.15, 0.2) is 11.5 Å². The molecule has 6 nitrogen and oxygen atoms in total. The number of Topliss-reactive ketones (excluding diaryl/α,β-unsaturated/α-hetero) is 1. The third kappa shape index (κ3) is 3.79. The van der Waals surface area contributed by atoms with Gasteiger partial charge in [-0.2, -0.15) is 0 Å². The molecule has 0 aliphatic rings. The number of carbonyl (C=O) groups excluding carboxylic acids is 1. The van der Waals surface area contributed by atoms with Gasteiger partial charge in [-0.3, -0.25) is 9.59 Å². The van der Waals surface area contributed by atoms with Crippen LogP contribution in [0.2, 0.25) is 0 Å². The Balaban J connectivity index is 2.29. The molecule has 7 heteroatoms. The molecular weight excluding hydrogens is 318 g/mol. The van der Waals surface area contributed by atoms with Crippen LogP contribution in [0.5, 0.6) is 11.6 Å². The van der Waals surface area contributed by atoms with Crippen molar-refractivity contribution in [2.75, 3.05) is 14.2 Å². The molecule has 23 heavy (non-hydrogen) atoms. The van der Waals surface area contributed by atoms with E-state index in [1.807, 2.05) is 6.92 Å². The van der Waals surface area contributed by atoms with Gasteiger partial charge in [0.1, 0.15) is 0 Å². The monoisotopic (exact) mass is 337 g/mol. The lowest BCUT2D eigenvalue weighted by Crippen LogP contribution is -2.17. The molecule has 2 rings (SSSR count). The van der Waals surface area contributed by atoms with E-state index in [-0.39, 0.29) is 12.2 Å². The van der Waals surface area contributed by atoms with E-state index in [0.29, 0.717) is 28.4 Å². The first-order chi connectivity index (χ1) is 11.0. The van der Waals surface area contributed by atoms with Crippen molar-refractivity contribution in [1.82, 2.24) is 4.98 Å². The molecule has 0 aliphatic carbocycles. The van der Waals surface area contributed by atoms with Crippen LogP contribution in [0.25, 0.3) is 10.2 Å². The number of nitrogens with zero attached hydrogens (tertiary/aromatic N) is 1. The largest absolute Gasteiger partial charge is 0.491 e. The molecule has 2 aromatic rings. The molecule has 0 aliphatic heterocycles. The number of aliphatic carboxylic acids is 1. The molecule has 124 valence electrons. The van der Waals surface area contributed by atoms with Crippen LogP contribution in [0, 0.1) is 5.92 Å². The number of fused-ring (bicyclic) bond motifs is 1. The van der Waals surface area contributed by atoms with E-state index in [2.05, 4.69) is 4.98 Å². The van der Waals surface area contributed by atoms with Crippen molar-refractivity contribution in [3.8, 4) is 11.6 Å². The van der Waals surface area contributed by atoms with Crippen LogP contribution in [0.1, 0.15) is 35.9 Å². The fraction of sp³-hybridized carbons (Fsp3) is 0.438. The number of carboxylic acids is 1. The molecule has 0 bridgehead atoms. The molecule has 2 heterocycles. The average Bonchev–Trinajstić information content (AvgIpc) is 2.95. The molecule has 0 amide bonds. The Morgan fingerprint density at radius 2 is 2.04 bits per heavy atom. The van der Waals surface area contributed by atoms with Gasteiger partial charge >= 0.3 is 5.97 Å². The van der Waals surface area contributed by atoms with Crippen molar-refractivity contribution in [3.63, 3.8) is 0 Å². The Hall–Kier alpha value is -2.15. The summed E-state index contributed by atoms with van der Waals surface area (Å²) in [5.41, 5.74) is 0.637. The van der Waals surface area contributed by atoms with Gasteiger partial charge in [0, 0.05) is 12.5 Å². The van der Waals surface area contributed by atoms with Gasteiger partial charge in [-0.05, 0) is 12.5 Å². The lowest BCUT2D eigenvalue weighted by atomic mass is 9.97. The quantitative estimate of drug-likeness (QED) is 0.743. The molecular formula is C16H19NO5S. The van der Waals surface area contributed by atoms with Gasteiger partial charge in [-0.1, -0.05) is 13.3 Å². The van der Waals surface area contributed by atoms with E-state index in [0.717, 1.165) is 11.1 Å². The SMILES string of the molecule is CCC[C@@H](CC(=O)c1cc2nc(OC)c(OC)cc2s1)C(=O)O. The summed E-state index contributed by atoms with van der Waals surface area (Å²) in [6.07, 6.45) is 1.22. The maximum Gasteiger partial charge on any atom is 0.306 e. The standard InChI is InChI=1S/C16H19NO5S/c1-4-5-9(16(19)20)6-11(18)14-7-10-13(23-14)8-12(21-2)15(17-10)22-3/h7-9H,4-6H2,1-3H3,(H,19,20)/t9-/m0/s1. The first-order valence-electron chi connectivity index (χ1n) is 7.28. The lowest BCUT2D eigenvalue weighted by molar-refractivity contribution is -0.141. The number of methoxy groups -OCH3 is 2. The molecule has 1 N–H and O–H groups in total. The number of pyridine rings is 1. The Morgan fingerprint density at radius 3 is 2.61 bits per heavy atom. The van der Waals surface area contributed by atoms with E-state index >= 15 is 0 Å². The summed E-state index contributed by atoms with van der Waals surface area (Å²) in [5, 5.41) is 9.18. The van der Waals surface area contributed by atoms with Gasteiger partial charge in [-0.25, -0.2) is 4.98 Å². The number of rotatable bonds is 8. The molecule has 0 fully saturated rings. The minimum Gasteiger partial charge on any atom is -0.491 e. The van der Waals surface area contributed by atoms with Gasteiger partial charge in [0.05, 0.1) is 35.2 Å². The van der Waals surface area contributed by atoms with E-state index in [1.165, 1.54) is 25.6 Å². The number of ketones is 1. The van der Waals surface area contributed by atoms with Crippen molar-refractivity contribution < 1.29 is 24.2 Å². The summed E-state index contributed by atoms with van der Waals surface area (Å²) in [4.78, 5) is 28.4. The van der Waals surface area contributed by atoms with E-state index in [4.69, 9.17) is 9.47 Å². The number of hydrogen-bond acceptors (Lipinski definition) is 6. The number of ether oxygens (including phenoxy) is 2. The third-order valence-electron chi connectivity index (χ3n) is 3.54. The van der Waals surface area contributed by atoms with E-state index in [9.17, 15) is 14.7 Å². The summed E-state index contributed by atoms with van der Waals surface area (Å²) in [7, 11) is 3.02. The van der Waals surface area contributed by atoms with Crippen molar-refractivity contribution in [1.29, 1.82) is 0 Å². The molecule has 1 atom stereocenters.